The van der Waals surface area contributed by atoms with Gasteiger partial charge in [-0.05, 0) is 30.5 Å². The molecule has 0 fully saturated rings. The van der Waals surface area contributed by atoms with Gasteiger partial charge in [-0.2, -0.15) is 0 Å². The molecular formula is C13H18O3S. The minimum Gasteiger partial charge on any atom is -0.486 e. The van der Waals surface area contributed by atoms with Crippen LogP contribution in [0.3, 0.4) is 0 Å². The first-order valence-corrected chi connectivity index (χ1v) is 7.01. The van der Waals surface area contributed by atoms with Crippen LogP contribution in [0.2, 0.25) is 0 Å². The number of hydrogen-bond donors (Lipinski definition) is 0. The highest BCUT2D eigenvalue weighted by molar-refractivity contribution is 7.95. The van der Waals surface area contributed by atoms with Crippen LogP contribution >= 0.6 is 0 Å². The van der Waals surface area contributed by atoms with Gasteiger partial charge in [-0.15, -0.1) is 0 Å². The average Bonchev–Trinajstić information content (AvgIpc) is 2.30. The van der Waals surface area contributed by atoms with Gasteiger partial charge in [-0.3, -0.25) is 0 Å². The van der Waals surface area contributed by atoms with E-state index < -0.39 is 9.84 Å². The average molecular weight is 254 g/mol. The Hall–Kier alpha value is -1.29. The molecule has 3 nitrogen and oxygen atoms in total. The van der Waals surface area contributed by atoms with Gasteiger partial charge in [0.2, 0.25) is 14.9 Å². The molecule has 0 amide bonds. The summed E-state index contributed by atoms with van der Waals surface area (Å²) in [5, 5.41) is 0.0254. The van der Waals surface area contributed by atoms with Crippen LogP contribution in [-0.2, 0) is 14.6 Å². The second kappa shape index (κ2) is 5.87. The number of benzene rings is 1. The van der Waals surface area contributed by atoms with Crippen LogP contribution in [0, 0.1) is 5.92 Å². The lowest BCUT2D eigenvalue weighted by Crippen LogP contribution is -2.07. The van der Waals surface area contributed by atoms with Gasteiger partial charge in [0.05, 0.1) is 12.0 Å². The van der Waals surface area contributed by atoms with Gasteiger partial charge in [0.25, 0.3) is 0 Å². The Morgan fingerprint density at radius 3 is 2.35 bits per heavy atom. The summed E-state index contributed by atoms with van der Waals surface area (Å²) in [6.07, 6.45) is 2.31. The van der Waals surface area contributed by atoms with Crippen molar-refractivity contribution in [1.29, 1.82) is 0 Å². The number of hydrogen-bond acceptors (Lipinski definition) is 3. The van der Waals surface area contributed by atoms with Crippen molar-refractivity contribution in [3.8, 4) is 0 Å². The summed E-state index contributed by atoms with van der Waals surface area (Å²) in [5.74, 6) is 0.395. The van der Waals surface area contributed by atoms with Gasteiger partial charge in [0.1, 0.15) is 0 Å². The maximum Gasteiger partial charge on any atom is 0.238 e. The molecule has 94 valence electrons. The van der Waals surface area contributed by atoms with Crippen molar-refractivity contribution < 1.29 is 13.2 Å². The van der Waals surface area contributed by atoms with Crippen molar-refractivity contribution in [1.82, 2.24) is 0 Å². The Kier molecular flexibility index (Phi) is 4.75. The molecule has 0 aliphatic carbocycles. The molecule has 1 aromatic rings. The predicted octanol–water partition coefficient (Wildman–Crippen LogP) is 2.99. The molecule has 0 spiro atoms. The Morgan fingerprint density at radius 1 is 1.29 bits per heavy atom. The molecule has 0 unspecified atom stereocenters. The molecule has 0 saturated carbocycles. The molecule has 0 heterocycles. The highest BCUT2D eigenvalue weighted by Crippen LogP contribution is 2.20. The fraction of sp³-hybridized carbons (Fsp3) is 0.385. The fourth-order valence-corrected chi connectivity index (χ4v) is 2.63. The van der Waals surface area contributed by atoms with Crippen molar-refractivity contribution in [2.75, 3.05) is 7.11 Å². The van der Waals surface area contributed by atoms with E-state index in [1.54, 1.807) is 36.4 Å². The van der Waals surface area contributed by atoms with Gasteiger partial charge < -0.3 is 4.74 Å². The molecule has 0 saturated heterocycles. The maximum atomic E-state index is 12.2. The molecule has 0 atom stereocenters. The minimum absolute atomic E-state index is 0.0254. The number of methoxy groups -OCH3 is 1. The first-order valence-electron chi connectivity index (χ1n) is 5.52. The topological polar surface area (TPSA) is 43.4 Å². The minimum atomic E-state index is -3.51. The summed E-state index contributed by atoms with van der Waals surface area (Å²) in [6.45, 7) is 4.05. The van der Waals surface area contributed by atoms with E-state index in [1.165, 1.54) is 7.11 Å². The smallest absolute Gasteiger partial charge is 0.238 e. The van der Waals surface area contributed by atoms with E-state index in [1.807, 2.05) is 13.8 Å². The lowest BCUT2D eigenvalue weighted by Gasteiger charge is -2.08. The van der Waals surface area contributed by atoms with Crippen LogP contribution in [0.1, 0.15) is 20.3 Å². The van der Waals surface area contributed by atoms with Crippen LogP contribution in [0.15, 0.2) is 46.4 Å². The van der Waals surface area contributed by atoms with E-state index in [4.69, 9.17) is 4.74 Å². The molecule has 1 aromatic carbocycles. The Labute approximate surface area is 103 Å². The van der Waals surface area contributed by atoms with E-state index in [2.05, 4.69) is 0 Å². The van der Waals surface area contributed by atoms with Crippen LogP contribution < -0.4 is 0 Å². The Balaban J connectivity index is 3.08. The molecule has 1 rings (SSSR count). The summed E-state index contributed by atoms with van der Waals surface area (Å²) in [6, 6.07) is 8.31. The third-order valence-electron chi connectivity index (χ3n) is 2.28. The number of allylic oxidation sites excluding steroid dienone is 1. The van der Waals surface area contributed by atoms with Gasteiger partial charge in [-0.1, -0.05) is 32.0 Å². The van der Waals surface area contributed by atoms with Crippen molar-refractivity contribution in [2.45, 2.75) is 25.2 Å². The largest absolute Gasteiger partial charge is 0.486 e. The number of rotatable bonds is 5. The molecule has 4 heteroatoms. The van der Waals surface area contributed by atoms with Gasteiger partial charge in [-0.25, -0.2) is 8.42 Å². The van der Waals surface area contributed by atoms with Crippen molar-refractivity contribution in [3.63, 3.8) is 0 Å². The van der Waals surface area contributed by atoms with E-state index in [9.17, 15) is 8.42 Å². The summed E-state index contributed by atoms with van der Waals surface area (Å²) in [4.78, 5) is 0.261. The van der Waals surface area contributed by atoms with Gasteiger partial charge >= 0.3 is 0 Å². The highest BCUT2D eigenvalue weighted by Gasteiger charge is 2.20. The summed E-state index contributed by atoms with van der Waals surface area (Å²) in [7, 11) is -2.13. The van der Waals surface area contributed by atoms with Crippen LogP contribution in [-0.4, -0.2) is 15.5 Å². The normalized spacial score (nSPS) is 12.8. The quantitative estimate of drug-likeness (QED) is 0.759. The third kappa shape index (κ3) is 3.60. The van der Waals surface area contributed by atoms with E-state index in [-0.39, 0.29) is 9.99 Å². The zero-order valence-corrected chi connectivity index (χ0v) is 11.2. The summed E-state index contributed by atoms with van der Waals surface area (Å²) >= 11 is 0. The monoisotopic (exact) mass is 254 g/mol. The molecule has 0 aromatic heterocycles. The zero-order chi connectivity index (χ0) is 12.9. The van der Waals surface area contributed by atoms with Crippen LogP contribution in [0.5, 0.6) is 0 Å². The van der Waals surface area contributed by atoms with Crippen LogP contribution in [0.4, 0.5) is 0 Å². The van der Waals surface area contributed by atoms with E-state index in [0.29, 0.717) is 12.3 Å². The fourth-order valence-electron chi connectivity index (χ4n) is 1.35. The first kappa shape index (κ1) is 13.8. The maximum absolute atomic E-state index is 12.2. The second-order valence-corrected chi connectivity index (χ2v) is 6.05. The number of ether oxygens (including phenoxy) is 1. The molecular weight excluding hydrogens is 236 g/mol. The summed E-state index contributed by atoms with van der Waals surface area (Å²) in [5.41, 5.74) is 0. The van der Waals surface area contributed by atoms with Crippen molar-refractivity contribution in [3.05, 3.63) is 41.5 Å². The molecule has 0 aliphatic heterocycles. The van der Waals surface area contributed by atoms with Gasteiger partial charge in [0, 0.05) is 0 Å². The molecule has 0 aliphatic rings. The zero-order valence-electron chi connectivity index (χ0n) is 10.4. The predicted molar refractivity (Wildman–Crippen MR) is 68.2 cm³/mol. The Morgan fingerprint density at radius 2 is 1.88 bits per heavy atom. The van der Waals surface area contributed by atoms with Crippen molar-refractivity contribution in [2.24, 2.45) is 5.92 Å². The van der Waals surface area contributed by atoms with Crippen molar-refractivity contribution >= 4 is 9.84 Å². The molecule has 0 bridgehead atoms. The lowest BCUT2D eigenvalue weighted by atomic mass is 10.1. The summed E-state index contributed by atoms with van der Waals surface area (Å²) < 4.78 is 29.4. The first-order chi connectivity index (χ1) is 7.98. The molecule has 0 N–H and O–H groups in total. The van der Waals surface area contributed by atoms with E-state index >= 15 is 0 Å². The number of sulfone groups is 1. The lowest BCUT2D eigenvalue weighted by molar-refractivity contribution is 0.314. The second-order valence-electron chi connectivity index (χ2n) is 4.17. The molecule has 17 heavy (non-hydrogen) atoms. The van der Waals surface area contributed by atoms with E-state index in [0.717, 1.165) is 0 Å². The Bertz CT molecular complexity index is 473. The third-order valence-corrected chi connectivity index (χ3v) is 4.03. The standard InChI is InChI=1S/C13H18O3S/c1-11(2)9-10-13(16-3)17(14,15)12-7-5-4-6-8-12/h4-8,10-11H,9H2,1-3H3/b13-10-. The van der Waals surface area contributed by atoms with Crippen LogP contribution in [0.25, 0.3) is 0 Å². The highest BCUT2D eigenvalue weighted by atomic mass is 32.2. The van der Waals surface area contributed by atoms with Gasteiger partial charge in [0.15, 0.2) is 0 Å². The SMILES string of the molecule is CO/C(=C/CC(C)C)S(=O)(=O)c1ccccc1. The molecule has 0 radical (unpaired) electrons.